The van der Waals surface area contributed by atoms with Gasteiger partial charge in [0.2, 0.25) is 0 Å². The number of benzene rings is 1. The van der Waals surface area contributed by atoms with Crippen LogP contribution in [0, 0.1) is 17.4 Å². The largest absolute Gasteiger partial charge is 0.255 e. The van der Waals surface area contributed by atoms with Crippen molar-refractivity contribution < 1.29 is 0 Å². The molecular formula is C10H5N2. The van der Waals surface area contributed by atoms with E-state index in [4.69, 9.17) is 5.26 Å². The number of aromatic nitrogens is 1. The number of pyridine rings is 1. The van der Waals surface area contributed by atoms with Crippen LogP contribution in [0.25, 0.3) is 10.9 Å². The van der Waals surface area contributed by atoms with Crippen LogP contribution in [0.1, 0.15) is 5.56 Å². The summed E-state index contributed by atoms with van der Waals surface area (Å²) in [6.45, 7) is 0. The van der Waals surface area contributed by atoms with E-state index >= 15 is 0 Å². The highest BCUT2D eigenvalue weighted by Gasteiger charge is 1.98. The monoisotopic (exact) mass is 153 g/mol. The van der Waals surface area contributed by atoms with Gasteiger partial charge in [0, 0.05) is 11.6 Å². The molecule has 1 heterocycles. The molecular weight excluding hydrogens is 148 g/mol. The minimum atomic E-state index is 0.601. The van der Waals surface area contributed by atoms with E-state index in [0.29, 0.717) is 5.56 Å². The van der Waals surface area contributed by atoms with Crippen molar-refractivity contribution >= 4 is 10.9 Å². The van der Waals surface area contributed by atoms with Gasteiger partial charge in [-0.2, -0.15) is 5.26 Å². The van der Waals surface area contributed by atoms with E-state index in [1.165, 1.54) is 0 Å². The Bertz CT molecular complexity index is 449. The normalized spacial score (nSPS) is 9.58. The minimum Gasteiger partial charge on any atom is -0.255 e. The molecule has 55 valence electrons. The Hall–Kier alpha value is -1.88. The summed E-state index contributed by atoms with van der Waals surface area (Å²) in [4.78, 5) is 4.10. The molecule has 0 fully saturated rings. The average Bonchev–Trinajstić information content (AvgIpc) is 2.17. The first-order chi connectivity index (χ1) is 5.92. The highest BCUT2D eigenvalue weighted by atomic mass is 14.6. The second-order valence-corrected chi connectivity index (χ2v) is 2.40. The summed E-state index contributed by atoms with van der Waals surface area (Å²) in [5.74, 6) is 0. The van der Waals surface area contributed by atoms with Gasteiger partial charge in [-0.1, -0.05) is 12.1 Å². The van der Waals surface area contributed by atoms with Crippen LogP contribution < -0.4 is 0 Å². The molecule has 0 spiro atoms. The predicted molar refractivity (Wildman–Crippen MR) is 45.3 cm³/mol. The first-order valence-corrected chi connectivity index (χ1v) is 3.57. The topological polar surface area (TPSA) is 36.7 Å². The Morgan fingerprint density at radius 3 is 3.17 bits per heavy atom. The summed E-state index contributed by atoms with van der Waals surface area (Å²) in [6, 6.07) is 12.3. The van der Waals surface area contributed by atoms with Crippen molar-refractivity contribution in [3.05, 3.63) is 42.1 Å². The van der Waals surface area contributed by atoms with Gasteiger partial charge >= 0.3 is 0 Å². The second-order valence-electron chi connectivity index (χ2n) is 2.40. The summed E-state index contributed by atoms with van der Waals surface area (Å²) >= 11 is 0. The zero-order valence-corrected chi connectivity index (χ0v) is 6.28. The molecule has 0 aliphatic rings. The molecule has 2 aromatic rings. The van der Waals surface area contributed by atoms with Crippen LogP contribution in [0.3, 0.4) is 0 Å². The third-order valence-electron chi connectivity index (χ3n) is 1.67. The van der Waals surface area contributed by atoms with Crippen LogP contribution >= 0.6 is 0 Å². The van der Waals surface area contributed by atoms with Crippen molar-refractivity contribution in [1.82, 2.24) is 4.98 Å². The molecule has 1 aromatic carbocycles. The molecule has 0 atom stereocenters. The Morgan fingerprint density at radius 2 is 2.33 bits per heavy atom. The molecule has 0 aliphatic heterocycles. The maximum Gasteiger partial charge on any atom is 0.101 e. The van der Waals surface area contributed by atoms with Gasteiger partial charge < -0.3 is 0 Å². The maximum atomic E-state index is 8.73. The van der Waals surface area contributed by atoms with Gasteiger partial charge in [-0.15, -0.1) is 0 Å². The lowest BCUT2D eigenvalue weighted by atomic mass is 10.1. The van der Waals surface area contributed by atoms with Crippen LogP contribution in [0.4, 0.5) is 0 Å². The smallest absolute Gasteiger partial charge is 0.101 e. The lowest BCUT2D eigenvalue weighted by Gasteiger charge is -1.95. The van der Waals surface area contributed by atoms with Crippen LogP contribution in [-0.2, 0) is 0 Å². The van der Waals surface area contributed by atoms with Crippen molar-refractivity contribution in [1.29, 1.82) is 5.26 Å². The van der Waals surface area contributed by atoms with Gasteiger partial charge in [-0.3, -0.25) is 4.98 Å². The van der Waals surface area contributed by atoms with Crippen molar-refractivity contribution in [2.75, 3.05) is 0 Å². The van der Waals surface area contributed by atoms with E-state index in [9.17, 15) is 0 Å². The first-order valence-electron chi connectivity index (χ1n) is 3.57. The maximum absolute atomic E-state index is 8.73. The molecule has 0 saturated heterocycles. The molecule has 2 rings (SSSR count). The second kappa shape index (κ2) is 2.63. The predicted octanol–water partition coefficient (Wildman–Crippen LogP) is 1.91. The van der Waals surface area contributed by atoms with E-state index in [0.717, 1.165) is 10.9 Å². The van der Waals surface area contributed by atoms with E-state index in [1.54, 1.807) is 18.3 Å². The quantitative estimate of drug-likeness (QED) is 0.579. The molecule has 0 aliphatic carbocycles. The Kier molecular flexibility index (Phi) is 1.49. The summed E-state index contributed by atoms with van der Waals surface area (Å²) in [6.07, 6.45) is 1.68. The molecule has 0 amide bonds. The van der Waals surface area contributed by atoms with E-state index in [2.05, 4.69) is 17.1 Å². The minimum absolute atomic E-state index is 0.601. The van der Waals surface area contributed by atoms with E-state index < -0.39 is 0 Å². The van der Waals surface area contributed by atoms with Crippen molar-refractivity contribution in [3.63, 3.8) is 0 Å². The fraction of sp³-hybridized carbons (Fsp3) is 0. The summed E-state index contributed by atoms with van der Waals surface area (Å²) in [7, 11) is 0. The third-order valence-corrected chi connectivity index (χ3v) is 1.67. The van der Waals surface area contributed by atoms with Gasteiger partial charge in [0.15, 0.2) is 0 Å². The fourth-order valence-corrected chi connectivity index (χ4v) is 1.12. The molecule has 0 bridgehead atoms. The molecule has 0 unspecified atom stereocenters. The number of hydrogen-bond donors (Lipinski definition) is 0. The number of nitrogens with zero attached hydrogens (tertiary/aromatic N) is 2. The van der Waals surface area contributed by atoms with Gasteiger partial charge in [0.05, 0.1) is 11.1 Å². The van der Waals surface area contributed by atoms with Crippen molar-refractivity contribution in [3.8, 4) is 6.07 Å². The third kappa shape index (κ3) is 0.923. The van der Waals surface area contributed by atoms with Gasteiger partial charge in [0.25, 0.3) is 0 Å². The fourth-order valence-electron chi connectivity index (χ4n) is 1.12. The molecule has 0 N–H and O–H groups in total. The highest BCUT2D eigenvalue weighted by Crippen LogP contribution is 2.13. The molecule has 1 aromatic heterocycles. The number of rotatable bonds is 0. The standard InChI is InChI=1S/C10H5N2/c11-7-9-4-1-3-8-5-2-6-12-10(8)9/h1-2,4-6H. The summed E-state index contributed by atoms with van der Waals surface area (Å²) in [5, 5.41) is 9.62. The molecule has 0 saturated carbocycles. The molecule has 2 nitrogen and oxygen atoms in total. The van der Waals surface area contributed by atoms with Crippen LogP contribution in [0.2, 0.25) is 0 Å². The summed E-state index contributed by atoms with van der Waals surface area (Å²) < 4.78 is 0. The number of fused-ring (bicyclic) bond motifs is 1. The van der Waals surface area contributed by atoms with Crippen molar-refractivity contribution in [2.45, 2.75) is 0 Å². The lowest BCUT2D eigenvalue weighted by molar-refractivity contribution is 1.39. The zero-order valence-electron chi connectivity index (χ0n) is 6.28. The Balaban J connectivity index is 2.91. The van der Waals surface area contributed by atoms with Crippen LogP contribution in [0.5, 0.6) is 0 Å². The Labute approximate surface area is 70.1 Å². The summed E-state index contributed by atoms with van der Waals surface area (Å²) in [5.41, 5.74) is 1.33. The molecule has 1 radical (unpaired) electrons. The SMILES string of the molecule is N#Cc1cc[c]c2cccnc12. The Morgan fingerprint density at radius 1 is 1.42 bits per heavy atom. The zero-order chi connectivity index (χ0) is 8.39. The average molecular weight is 153 g/mol. The van der Waals surface area contributed by atoms with Gasteiger partial charge in [-0.05, 0) is 18.2 Å². The molecule has 2 heteroatoms. The van der Waals surface area contributed by atoms with E-state index in [-0.39, 0.29) is 0 Å². The highest BCUT2D eigenvalue weighted by molar-refractivity contribution is 5.83. The van der Waals surface area contributed by atoms with Gasteiger partial charge in [0.1, 0.15) is 6.07 Å². The number of hydrogen-bond acceptors (Lipinski definition) is 2. The lowest BCUT2D eigenvalue weighted by Crippen LogP contribution is -1.82. The van der Waals surface area contributed by atoms with E-state index in [1.807, 2.05) is 12.1 Å². The van der Waals surface area contributed by atoms with Crippen LogP contribution in [0.15, 0.2) is 30.5 Å². The first kappa shape index (κ1) is 6.81. The van der Waals surface area contributed by atoms with Gasteiger partial charge in [-0.25, -0.2) is 0 Å². The van der Waals surface area contributed by atoms with Crippen LogP contribution in [-0.4, -0.2) is 4.98 Å². The number of nitriles is 1. The van der Waals surface area contributed by atoms with Crippen molar-refractivity contribution in [2.24, 2.45) is 0 Å². The molecule has 12 heavy (non-hydrogen) atoms.